The van der Waals surface area contributed by atoms with Crippen LogP contribution in [0.25, 0.3) is 0 Å². The zero-order chi connectivity index (χ0) is 17.8. The predicted molar refractivity (Wildman–Crippen MR) is 101 cm³/mol. The summed E-state index contributed by atoms with van der Waals surface area (Å²) in [5.74, 6) is 2.20. The molecule has 1 aromatic carbocycles. The molecule has 4 heteroatoms. The number of hydrogen-bond donors (Lipinski definition) is 1. The molecule has 1 aliphatic heterocycles. The average Bonchev–Trinajstić information content (AvgIpc) is 2.58. The highest BCUT2D eigenvalue weighted by Gasteiger charge is 2.31. The van der Waals surface area contributed by atoms with Crippen molar-refractivity contribution in [1.29, 1.82) is 0 Å². The van der Waals surface area contributed by atoms with E-state index in [0.29, 0.717) is 23.8 Å². The largest absolute Gasteiger partial charge is 0.496 e. The number of nitrogens with zero attached hydrogens (tertiary/aromatic N) is 1. The molecule has 1 N–H and O–H groups in total. The van der Waals surface area contributed by atoms with Crippen LogP contribution in [0.2, 0.25) is 0 Å². The molecule has 1 saturated carbocycles. The molecule has 0 radical (unpaired) electrons. The summed E-state index contributed by atoms with van der Waals surface area (Å²) in [7, 11) is 1.74. The number of piperidine rings is 1. The van der Waals surface area contributed by atoms with Crippen molar-refractivity contribution < 1.29 is 9.53 Å². The lowest BCUT2D eigenvalue weighted by Crippen LogP contribution is -2.47. The number of hydrogen-bond acceptors (Lipinski definition) is 3. The number of amides is 1. The number of methoxy groups -OCH3 is 1. The van der Waals surface area contributed by atoms with Crippen LogP contribution < -0.4 is 10.1 Å². The van der Waals surface area contributed by atoms with Crippen LogP contribution >= 0.6 is 0 Å². The lowest BCUT2D eigenvalue weighted by Gasteiger charge is -2.37. The molecule has 0 aromatic heterocycles. The molecule has 1 amide bonds. The fourth-order valence-corrected chi connectivity index (χ4v) is 3.74. The van der Waals surface area contributed by atoms with Crippen LogP contribution in [0, 0.1) is 5.92 Å². The molecule has 1 aromatic rings. The van der Waals surface area contributed by atoms with E-state index in [0.717, 1.165) is 51.1 Å². The van der Waals surface area contributed by atoms with Gasteiger partial charge in [-0.05, 0) is 43.2 Å². The van der Waals surface area contributed by atoms with Gasteiger partial charge < -0.3 is 15.0 Å². The lowest BCUT2D eigenvalue weighted by atomic mass is 9.84. The van der Waals surface area contributed by atoms with E-state index in [-0.39, 0.29) is 0 Å². The van der Waals surface area contributed by atoms with Crippen molar-refractivity contribution in [3.63, 3.8) is 0 Å². The van der Waals surface area contributed by atoms with E-state index in [2.05, 4.69) is 42.3 Å². The first-order valence-electron chi connectivity index (χ1n) is 9.77. The maximum Gasteiger partial charge on any atom is 0.225 e. The molecule has 25 heavy (non-hydrogen) atoms. The highest BCUT2D eigenvalue weighted by Crippen LogP contribution is 2.29. The molecule has 4 nitrogen and oxygen atoms in total. The Morgan fingerprint density at radius 1 is 1.24 bits per heavy atom. The van der Waals surface area contributed by atoms with Crippen molar-refractivity contribution in [3.8, 4) is 5.75 Å². The molecule has 0 spiro atoms. The van der Waals surface area contributed by atoms with Gasteiger partial charge in [-0.25, -0.2) is 0 Å². The summed E-state index contributed by atoms with van der Waals surface area (Å²) < 4.78 is 5.58. The van der Waals surface area contributed by atoms with Crippen LogP contribution in [0.5, 0.6) is 5.75 Å². The zero-order valence-electron chi connectivity index (χ0n) is 15.9. The summed E-state index contributed by atoms with van der Waals surface area (Å²) in [6.07, 6.45) is 5.52. The zero-order valence-corrected chi connectivity index (χ0v) is 15.9. The Labute approximate surface area is 151 Å². The molecular formula is C21H32N2O2. The van der Waals surface area contributed by atoms with E-state index in [4.69, 9.17) is 4.74 Å². The summed E-state index contributed by atoms with van der Waals surface area (Å²) in [6.45, 7) is 7.02. The first-order chi connectivity index (χ1) is 12.1. The predicted octanol–water partition coefficient (Wildman–Crippen LogP) is 3.70. The van der Waals surface area contributed by atoms with E-state index in [1.165, 1.54) is 17.5 Å². The lowest BCUT2D eigenvalue weighted by molar-refractivity contribution is -0.139. The van der Waals surface area contributed by atoms with Gasteiger partial charge in [0.1, 0.15) is 5.75 Å². The second-order valence-electron chi connectivity index (χ2n) is 7.83. The van der Waals surface area contributed by atoms with Crippen LogP contribution in [0.15, 0.2) is 18.2 Å². The van der Waals surface area contributed by atoms with E-state index in [9.17, 15) is 4.79 Å². The summed E-state index contributed by atoms with van der Waals surface area (Å²) in [5.41, 5.74) is 2.52. The van der Waals surface area contributed by atoms with Crippen LogP contribution in [0.1, 0.15) is 63.0 Å². The molecule has 2 aliphatic rings. The molecule has 1 saturated heterocycles. The molecular weight excluding hydrogens is 312 g/mol. The number of ether oxygens (including phenoxy) is 1. The van der Waals surface area contributed by atoms with Crippen molar-refractivity contribution in [2.24, 2.45) is 5.92 Å². The van der Waals surface area contributed by atoms with Gasteiger partial charge in [-0.3, -0.25) is 4.79 Å². The third-order valence-corrected chi connectivity index (χ3v) is 5.82. The Morgan fingerprint density at radius 2 is 1.96 bits per heavy atom. The van der Waals surface area contributed by atoms with Gasteiger partial charge in [-0.2, -0.15) is 0 Å². The molecule has 0 bridgehead atoms. The van der Waals surface area contributed by atoms with Gasteiger partial charge >= 0.3 is 0 Å². The average molecular weight is 344 g/mol. The molecule has 138 valence electrons. The SMILES string of the molecule is COc1cc(C(C)C)ccc1CNC1CCN(C(=O)C2CCC2)CC1. The third kappa shape index (κ3) is 4.35. The van der Waals surface area contributed by atoms with Crippen LogP contribution in [-0.4, -0.2) is 37.0 Å². The quantitative estimate of drug-likeness (QED) is 0.855. The minimum Gasteiger partial charge on any atom is -0.496 e. The van der Waals surface area contributed by atoms with Crippen molar-refractivity contribution >= 4 is 5.91 Å². The summed E-state index contributed by atoms with van der Waals surface area (Å²) in [6, 6.07) is 7.02. The Morgan fingerprint density at radius 3 is 2.52 bits per heavy atom. The number of benzene rings is 1. The Kier molecular flexibility index (Phi) is 6.00. The van der Waals surface area contributed by atoms with Crippen molar-refractivity contribution in [2.75, 3.05) is 20.2 Å². The van der Waals surface area contributed by atoms with Gasteiger partial charge in [-0.15, -0.1) is 0 Å². The van der Waals surface area contributed by atoms with Gasteiger partial charge in [-0.1, -0.05) is 32.4 Å². The van der Waals surface area contributed by atoms with Crippen LogP contribution in [0.4, 0.5) is 0 Å². The Balaban J connectivity index is 1.49. The van der Waals surface area contributed by atoms with Crippen molar-refractivity contribution in [2.45, 2.75) is 64.5 Å². The summed E-state index contributed by atoms with van der Waals surface area (Å²) in [5, 5.41) is 3.66. The molecule has 0 atom stereocenters. The third-order valence-electron chi connectivity index (χ3n) is 5.82. The smallest absolute Gasteiger partial charge is 0.225 e. The van der Waals surface area contributed by atoms with Crippen LogP contribution in [0.3, 0.4) is 0 Å². The topological polar surface area (TPSA) is 41.6 Å². The minimum absolute atomic E-state index is 0.327. The van der Waals surface area contributed by atoms with Gasteiger partial charge in [0.15, 0.2) is 0 Å². The van der Waals surface area contributed by atoms with E-state index in [1.807, 2.05) is 0 Å². The maximum absolute atomic E-state index is 12.3. The molecule has 0 unspecified atom stereocenters. The monoisotopic (exact) mass is 344 g/mol. The Hall–Kier alpha value is -1.55. The van der Waals surface area contributed by atoms with Crippen molar-refractivity contribution in [1.82, 2.24) is 10.2 Å². The van der Waals surface area contributed by atoms with E-state index in [1.54, 1.807) is 7.11 Å². The summed E-state index contributed by atoms with van der Waals surface area (Å²) >= 11 is 0. The highest BCUT2D eigenvalue weighted by molar-refractivity contribution is 5.79. The summed E-state index contributed by atoms with van der Waals surface area (Å²) in [4.78, 5) is 14.4. The highest BCUT2D eigenvalue weighted by atomic mass is 16.5. The van der Waals surface area contributed by atoms with E-state index >= 15 is 0 Å². The normalized spacial score (nSPS) is 19.1. The van der Waals surface area contributed by atoms with Crippen molar-refractivity contribution in [3.05, 3.63) is 29.3 Å². The number of carbonyl (C=O) groups is 1. The van der Waals surface area contributed by atoms with Gasteiger partial charge in [0.25, 0.3) is 0 Å². The van der Waals surface area contributed by atoms with Gasteiger partial charge in [0.05, 0.1) is 7.11 Å². The number of rotatable bonds is 6. The molecule has 3 rings (SSSR count). The van der Waals surface area contributed by atoms with Crippen LogP contribution in [-0.2, 0) is 11.3 Å². The van der Waals surface area contributed by atoms with Gasteiger partial charge in [0, 0.05) is 37.2 Å². The first kappa shape index (κ1) is 18.2. The molecule has 1 heterocycles. The first-order valence-corrected chi connectivity index (χ1v) is 9.77. The standard InChI is InChI=1S/C21H32N2O2/c1-15(2)17-7-8-18(20(13-17)25-3)14-22-19-9-11-23(12-10-19)21(24)16-5-4-6-16/h7-8,13,15-16,19,22H,4-6,9-12,14H2,1-3H3. The molecule has 2 fully saturated rings. The second-order valence-corrected chi connectivity index (χ2v) is 7.83. The maximum atomic E-state index is 12.3. The van der Waals surface area contributed by atoms with E-state index < -0.39 is 0 Å². The second kappa shape index (κ2) is 8.22. The fourth-order valence-electron chi connectivity index (χ4n) is 3.74. The molecule has 1 aliphatic carbocycles. The number of nitrogens with one attached hydrogen (secondary N) is 1. The minimum atomic E-state index is 0.327. The fraction of sp³-hybridized carbons (Fsp3) is 0.667. The van der Waals surface area contributed by atoms with Gasteiger partial charge in [0.2, 0.25) is 5.91 Å². The number of likely N-dealkylation sites (tertiary alicyclic amines) is 1. The Bertz CT molecular complexity index is 588. The number of carbonyl (C=O) groups excluding carboxylic acids is 1.